The Morgan fingerprint density at radius 2 is 2.27 bits per heavy atom. The van der Waals surface area contributed by atoms with Crippen LogP contribution in [-0.2, 0) is 0 Å². The molecule has 1 aromatic carbocycles. The zero-order chi connectivity index (χ0) is 10.5. The van der Waals surface area contributed by atoms with Crippen molar-refractivity contribution in [3.8, 4) is 5.75 Å². The number of nitrogens with one attached hydrogen (secondary N) is 1. The average Bonchev–Trinajstić information content (AvgIpc) is 2.81. The standard InChI is InChI=1S/C12H16N2O.H2/c1-2-11(12-13-8-9-14-12)15-10-6-4-3-5-7-10;/h3-7,11H,2,8-9H2,1H3,(H,13,14);1H. The number of hydrogen-bond donors (Lipinski definition) is 1. The van der Waals surface area contributed by atoms with Gasteiger partial charge in [-0.2, -0.15) is 0 Å². The van der Waals surface area contributed by atoms with Crippen LogP contribution in [0.25, 0.3) is 0 Å². The molecule has 0 aromatic heterocycles. The van der Waals surface area contributed by atoms with Crippen molar-refractivity contribution in [2.24, 2.45) is 4.99 Å². The van der Waals surface area contributed by atoms with Crippen LogP contribution in [-0.4, -0.2) is 25.0 Å². The van der Waals surface area contributed by atoms with E-state index in [0.29, 0.717) is 0 Å². The quantitative estimate of drug-likeness (QED) is 0.818. The lowest BCUT2D eigenvalue weighted by Gasteiger charge is -2.17. The predicted molar refractivity (Wildman–Crippen MR) is 63.6 cm³/mol. The summed E-state index contributed by atoms with van der Waals surface area (Å²) in [5.41, 5.74) is 0. The third-order valence-electron chi connectivity index (χ3n) is 2.40. The Labute approximate surface area is 91.7 Å². The van der Waals surface area contributed by atoms with Crippen molar-refractivity contribution in [2.75, 3.05) is 13.1 Å². The van der Waals surface area contributed by atoms with Crippen molar-refractivity contribution in [1.82, 2.24) is 5.32 Å². The molecule has 0 saturated carbocycles. The zero-order valence-electron chi connectivity index (χ0n) is 8.94. The van der Waals surface area contributed by atoms with E-state index >= 15 is 0 Å². The van der Waals surface area contributed by atoms with Crippen molar-refractivity contribution < 1.29 is 6.16 Å². The molecule has 1 atom stereocenters. The highest BCUT2D eigenvalue weighted by Gasteiger charge is 2.18. The smallest absolute Gasteiger partial charge is 0.155 e. The van der Waals surface area contributed by atoms with E-state index in [4.69, 9.17) is 4.74 Å². The molecule has 2 rings (SSSR count). The zero-order valence-corrected chi connectivity index (χ0v) is 8.94. The highest BCUT2D eigenvalue weighted by Crippen LogP contribution is 2.13. The lowest BCUT2D eigenvalue weighted by molar-refractivity contribution is 0.259. The molecule has 0 bridgehead atoms. The van der Waals surface area contributed by atoms with Crippen LogP contribution in [0.4, 0.5) is 0 Å². The van der Waals surface area contributed by atoms with Gasteiger partial charge in [0.25, 0.3) is 0 Å². The molecule has 1 aromatic rings. The predicted octanol–water partition coefficient (Wildman–Crippen LogP) is 2.09. The summed E-state index contributed by atoms with van der Waals surface area (Å²) in [6, 6.07) is 9.88. The SMILES string of the molecule is CCC(Oc1ccccc1)C1=NCCN1.[HH]. The summed E-state index contributed by atoms with van der Waals surface area (Å²) >= 11 is 0. The van der Waals surface area contributed by atoms with Gasteiger partial charge in [0.1, 0.15) is 11.6 Å². The fraction of sp³-hybridized carbons (Fsp3) is 0.417. The molecule has 0 amide bonds. The first-order chi connectivity index (χ1) is 7.40. The minimum absolute atomic E-state index is 0. The molecule has 0 spiro atoms. The molecule has 1 N–H and O–H groups in total. The molecule has 3 heteroatoms. The van der Waals surface area contributed by atoms with Crippen molar-refractivity contribution in [3.05, 3.63) is 30.3 Å². The van der Waals surface area contributed by atoms with Gasteiger partial charge in [-0.05, 0) is 18.6 Å². The van der Waals surface area contributed by atoms with Crippen LogP contribution in [0.2, 0.25) is 0 Å². The van der Waals surface area contributed by atoms with E-state index in [9.17, 15) is 0 Å². The van der Waals surface area contributed by atoms with Crippen LogP contribution in [0.15, 0.2) is 35.3 Å². The average molecular weight is 206 g/mol. The van der Waals surface area contributed by atoms with Crippen molar-refractivity contribution in [1.29, 1.82) is 0 Å². The maximum absolute atomic E-state index is 5.85. The largest absolute Gasteiger partial charge is 0.483 e. The van der Waals surface area contributed by atoms with E-state index < -0.39 is 0 Å². The summed E-state index contributed by atoms with van der Waals surface area (Å²) in [6.07, 6.45) is 0.996. The van der Waals surface area contributed by atoms with Gasteiger partial charge >= 0.3 is 0 Å². The summed E-state index contributed by atoms with van der Waals surface area (Å²) in [5, 5.41) is 3.25. The lowest BCUT2D eigenvalue weighted by Crippen LogP contribution is -2.35. The van der Waals surface area contributed by atoms with Crippen molar-refractivity contribution in [2.45, 2.75) is 19.4 Å². The summed E-state index contributed by atoms with van der Waals surface area (Å²) in [7, 11) is 0. The van der Waals surface area contributed by atoms with Gasteiger partial charge in [0, 0.05) is 7.97 Å². The van der Waals surface area contributed by atoms with E-state index in [1.165, 1.54) is 0 Å². The number of benzene rings is 1. The number of hydrogen-bond acceptors (Lipinski definition) is 3. The minimum Gasteiger partial charge on any atom is -0.483 e. The summed E-state index contributed by atoms with van der Waals surface area (Å²) in [5.74, 6) is 1.89. The molecular weight excluding hydrogens is 188 g/mol. The van der Waals surface area contributed by atoms with E-state index in [2.05, 4.69) is 17.2 Å². The molecule has 1 aliphatic heterocycles. The van der Waals surface area contributed by atoms with Gasteiger partial charge in [-0.1, -0.05) is 25.1 Å². The van der Waals surface area contributed by atoms with Crippen LogP contribution >= 0.6 is 0 Å². The monoisotopic (exact) mass is 206 g/mol. The lowest BCUT2D eigenvalue weighted by atomic mass is 10.2. The number of rotatable bonds is 4. The van der Waals surface area contributed by atoms with Gasteiger partial charge in [-0.15, -0.1) is 0 Å². The first kappa shape index (κ1) is 10.0. The highest BCUT2D eigenvalue weighted by molar-refractivity contribution is 5.88. The third kappa shape index (κ3) is 2.49. The maximum atomic E-state index is 5.85. The van der Waals surface area contributed by atoms with Gasteiger partial charge in [-0.3, -0.25) is 4.99 Å². The fourth-order valence-corrected chi connectivity index (χ4v) is 1.63. The molecule has 15 heavy (non-hydrogen) atoms. The van der Waals surface area contributed by atoms with Gasteiger partial charge in [0.05, 0.1) is 6.54 Å². The Bertz CT molecular complexity index is 340. The highest BCUT2D eigenvalue weighted by atomic mass is 16.5. The van der Waals surface area contributed by atoms with Crippen LogP contribution < -0.4 is 10.1 Å². The first-order valence-electron chi connectivity index (χ1n) is 5.40. The van der Waals surface area contributed by atoms with Crippen LogP contribution in [0.5, 0.6) is 5.75 Å². The third-order valence-corrected chi connectivity index (χ3v) is 2.40. The molecule has 1 heterocycles. The molecule has 1 unspecified atom stereocenters. The Hall–Kier alpha value is -1.51. The Balaban J connectivity index is 0.00000128. The van der Waals surface area contributed by atoms with E-state index in [0.717, 1.165) is 31.1 Å². The van der Waals surface area contributed by atoms with Gasteiger partial charge in [0.15, 0.2) is 6.10 Å². The van der Waals surface area contributed by atoms with Crippen molar-refractivity contribution >= 4 is 5.84 Å². The maximum Gasteiger partial charge on any atom is 0.155 e. The second kappa shape index (κ2) is 4.82. The molecule has 1 aliphatic rings. The fourth-order valence-electron chi connectivity index (χ4n) is 1.63. The van der Waals surface area contributed by atoms with E-state index in [1.54, 1.807) is 0 Å². The second-order valence-electron chi connectivity index (χ2n) is 3.52. The Morgan fingerprint density at radius 1 is 1.47 bits per heavy atom. The molecule has 0 radical (unpaired) electrons. The van der Waals surface area contributed by atoms with Gasteiger partial charge in [-0.25, -0.2) is 0 Å². The summed E-state index contributed by atoms with van der Waals surface area (Å²) in [6.45, 7) is 3.91. The molecule has 3 nitrogen and oxygen atoms in total. The van der Waals surface area contributed by atoms with Crippen LogP contribution in [0, 0.1) is 0 Å². The molecule has 82 valence electrons. The molecular formula is C12H18N2O. The van der Waals surface area contributed by atoms with Gasteiger partial charge in [0.2, 0.25) is 0 Å². The minimum atomic E-state index is 0. The summed E-state index contributed by atoms with van der Waals surface area (Å²) < 4.78 is 5.85. The van der Waals surface area contributed by atoms with E-state index in [-0.39, 0.29) is 7.53 Å². The Morgan fingerprint density at radius 3 is 2.87 bits per heavy atom. The van der Waals surface area contributed by atoms with Gasteiger partial charge < -0.3 is 10.1 Å². The summed E-state index contributed by atoms with van der Waals surface area (Å²) in [4.78, 5) is 4.38. The normalized spacial score (nSPS) is 16.7. The molecule has 0 fully saturated rings. The number of amidine groups is 1. The molecule has 0 saturated heterocycles. The Kier molecular flexibility index (Phi) is 3.22. The topological polar surface area (TPSA) is 33.6 Å². The second-order valence-corrected chi connectivity index (χ2v) is 3.52. The van der Waals surface area contributed by atoms with E-state index in [1.807, 2.05) is 30.3 Å². The van der Waals surface area contributed by atoms with Crippen LogP contribution in [0.3, 0.4) is 0 Å². The molecule has 0 aliphatic carbocycles. The first-order valence-corrected chi connectivity index (χ1v) is 5.40. The van der Waals surface area contributed by atoms with Crippen LogP contribution in [0.1, 0.15) is 14.8 Å². The number of nitrogens with zero attached hydrogens (tertiary/aromatic N) is 1. The number of ether oxygens (including phenoxy) is 1. The number of aliphatic imine (C=N–C) groups is 1. The van der Waals surface area contributed by atoms with Crippen molar-refractivity contribution in [3.63, 3.8) is 0 Å². The number of para-hydroxylation sites is 1.